The van der Waals surface area contributed by atoms with Crippen molar-refractivity contribution < 1.29 is 14.0 Å². The Labute approximate surface area is 270 Å². The van der Waals surface area contributed by atoms with E-state index >= 15 is 0 Å². The Balaban J connectivity index is 0.983. The van der Waals surface area contributed by atoms with E-state index < -0.39 is 0 Å². The minimum absolute atomic E-state index is 0.0363. The highest BCUT2D eigenvalue weighted by atomic mass is 32.2. The molecule has 2 unspecified atom stereocenters. The van der Waals surface area contributed by atoms with Crippen LogP contribution in [0.1, 0.15) is 59.2 Å². The van der Waals surface area contributed by atoms with E-state index in [2.05, 4.69) is 45.4 Å². The van der Waals surface area contributed by atoms with Crippen LogP contribution in [-0.2, 0) is 17.9 Å². The molecular weight excluding hydrogens is 583 g/mol. The molecule has 45 heavy (non-hydrogen) atoms. The van der Waals surface area contributed by atoms with Crippen molar-refractivity contribution in [2.45, 2.75) is 56.5 Å². The van der Waals surface area contributed by atoms with Gasteiger partial charge in [0.25, 0.3) is 11.8 Å². The first kappa shape index (κ1) is 31.5. The van der Waals surface area contributed by atoms with Crippen LogP contribution in [0.2, 0.25) is 0 Å². The van der Waals surface area contributed by atoms with Crippen LogP contribution in [0.4, 0.5) is 4.39 Å². The smallest absolute Gasteiger partial charge is 0.260 e. The number of amides is 2. The summed E-state index contributed by atoms with van der Waals surface area (Å²) in [5, 5.41) is 3.38. The van der Waals surface area contributed by atoms with Crippen LogP contribution in [0.5, 0.6) is 0 Å². The fourth-order valence-corrected chi connectivity index (χ4v) is 8.15. The molecule has 3 fully saturated rings. The van der Waals surface area contributed by atoms with E-state index in [-0.39, 0.29) is 30.2 Å². The van der Waals surface area contributed by atoms with Crippen molar-refractivity contribution in [3.8, 4) is 0 Å². The number of halogens is 1. The molecule has 0 bridgehead atoms. The molecule has 3 aliphatic rings. The van der Waals surface area contributed by atoms with Crippen LogP contribution in [0, 0.1) is 5.82 Å². The largest absolute Gasteiger partial charge is 0.352 e. The standard InChI is InChI=1S/C37H43FN4O2S/c38-32-12-5-4-11-31(32)27-42-33-13-6-7-14-34(33)45-35(37(42)44)25-28-15-17-30(18-16-28)36(43)39-19-8-20-40-21-23-41(24-22-40)26-29-9-2-1-3-10-29/h1-5,9-12,15-18,25,33-34H,6-8,13-14,19-24,26-27H2,(H,39,43)/b35-25-. The Morgan fingerprint density at radius 3 is 2.36 bits per heavy atom. The fourth-order valence-electron chi connectivity index (χ4n) is 6.67. The van der Waals surface area contributed by atoms with Crippen molar-refractivity contribution in [1.29, 1.82) is 0 Å². The predicted molar refractivity (Wildman–Crippen MR) is 180 cm³/mol. The summed E-state index contributed by atoms with van der Waals surface area (Å²) in [6.07, 6.45) is 7.10. The number of piperazine rings is 1. The summed E-state index contributed by atoms with van der Waals surface area (Å²) in [5.41, 5.74) is 3.41. The van der Waals surface area contributed by atoms with Crippen LogP contribution >= 0.6 is 11.8 Å². The molecule has 8 heteroatoms. The van der Waals surface area contributed by atoms with Gasteiger partial charge in [-0.15, -0.1) is 11.8 Å². The molecule has 0 radical (unpaired) electrons. The zero-order valence-electron chi connectivity index (χ0n) is 25.9. The van der Waals surface area contributed by atoms with E-state index in [1.807, 2.05) is 41.3 Å². The van der Waals surface area contributed by atoms with Crippen LogP contribution in [-0.4, -0.2) is 77.1 Å². The molecule has 3 aromatic carbocycles. The summed E-state index contributed by atoms with van der Waals surface area (Å²) >= 11 is 1.66. The molecule has 2 aliphatic heterocycles. The molecule has 2 atom stereocenters. The summed E-state index contributed by atoms with van der Waals surface area (Å²) in [7, 11) is 0. The highest BCUT2D eigenvalue weighted by Crippen LogP contribution is 2.42. The highest BCUT2D eigenvalue weighted by molar-refractivity contribution is 8.04. The van der Waals surface area contributed by atoms with Gasteiger partial charge in [0.1, 0.15) is 5.82 Å². The van der Waals surface area contributed by atoms with Gasteiger partial charge in [0.05, 0.1) is 4.91 Å². The van der Waals surface area contributed by atoms with Crippen molar-refractivity contribution in [3.63, 3.8) is 0 Å². The lowest BCUT2D eigenvalue weighted by Crippen LogP contribution is -2.50. The maximum atomic E-state index is 14.5. The van der Waals surface area contributed by atoms with Crippen molar-refractivity contribution in [2.24, 2.45) is 0 Å². The number of nitrogens with zero attached hydrogens (tertiary/aromatic N) is 3. The van der Waals surface area contributed by atoms with E-state index in [4.69, 9.17) is 0 Å². The summed E-state index contributed by atoms with van der Waals surface area (Å²) in [6, 6.07) is 24.9. The number of rotatable bonds is 10. The van der Waals surface area contributed by atoms with Gasteiger partial charge < -0.3 is 15.1 Å². The first-order valence-electron chi connectivity index (χ1n) is 16.3. The number of carbonyl (C=O) groups excluding carboxylic acids is 2. The molecule has 236 valence electrons. The molecule has 1 N–H and O–H groups in total. The molecule has 2 heterocycles. The van der Waals surface area contributed by atoms with Gasteiger partial charge in [-0.25, -0.2) is 4.39 Å². The zero-order valence-corrected chi connectivity index (χ0v) is 26.7. The Bertz CT molecular complexity index is 1470. The lowest BCUT2D eigenvalue weighted by molar-refractivity contribution is -0.130. The average molecular weight is 627 g/mol. The van der Waals surface area contributed by atoms with Crippen molar-refractivity contribution >= 4 is 29.7 Å². The lowest BCUT2D eigenvalue weighted by atomic mass is 9.92. The molecule has 2 saturated heterocycles. The number of hydrogen-bond acceptors (Lipinski definition) is 5. The Morgan fingerprint density at radius 1 is 0.867 bits per heavy atom. The van der Waals surface area contributed by atoms with Crippen LogP contribution in [0.3, 0.4) is 0 Å². The maximum absolute atomic E-state index is 14.5. The number of hydrogen-bond donors (Lipinski definition) is 1. The van der Waals surface area contributed by atoms with Gasteiger partial charge in [0, 0.05) is 68.2 Å². The minimum atomic E-state index is -0.271. The van der Waals surface area contributed by atoms with Crippen LogP contribution in [0.25, 0.3) is 6.08 Å². The van der Waals surface area contributed by atoms with Gasteiger partial charge in [-0.05, 0) is 61.2 Å². The van der Waals surface area contributed by atoms with Gasteiger partial charge >= 0.3 is 0 Å². The third-order valence-corrected chi connectivity index (χ3v) is 10.6. The van der Waals surface area contributed by atoms with E-state index in [1.54, 1.807) is 23.9 Å². The van der Waals surface area contributed by atoms with Gasteiger partial charge in [-0.2, -0.15) is 0 Å². The number of benzene rings is 3. The number of nitrogens with one attached hydrogen (secondary N) is 1. The second kappa shape index (κ2) is 15.2. The van der Waals surface area contributed by atoms with Crippen molar-refractivity contribution in [3.05, 3.63) is 112 Å². The van der Waals surface area contributed by atoms with E-state index in [9.17, 15) is 14.0 Å². The number of carbonyl (C=O) groups is 2. The first-order chi connectivity index (χ1) is 22.0. The molecule has 0 spiro atoms. The van der Waals surface area contributed by atoms with Gasteiger partial charge in [0.2, 0.25) is 0 Å². The van der Waals surface area contributed by atoms with E-state index in [0.717, 1.165) is 76.9 Å². The number of fused-ring (bicyclic) bond motifs is 1. The first-order valence-corrected chi connectivity index (χ1v) is 17.2. The van der Waals surface area contributed by atoms with Gasteiger partial charge in [0.15, 0.2) is 0 Å². The van der Waals surface area contributed by atoms with Crippen LogP contribution in [0.15, 0.2) is 83.8 Å². The molecule has 6 rings (SSSR count). The maximum Gasteiger partial charge on any atom is 0.260 e. The molecule has 1 saturated carbocycles. The number of thioether (sulfide) groups is 1. The topological polar surface area (TPSA) is 55.9 Å². The average Bonchev–Trinajstić information content (AvgIpc) is 3.07. The second-order valence-corrected chi connectivity index (χ2v) is 13.7. The predicted octanol–water partition coefficient (Wildman–Crippen LogP) is 6.19. The molecule has 6 nitrogen and oxygen atoms in total. The zero-order chi connectivity index (χ0) is 31.0. The minimum Gasteiger partial charge on any atom is -0.352 e. The Hall–Kier alpha value is -3.46. The molecule has 3 aromatic rings. The second-order valence-electron chi connectivity index (χ2n) is 12.4. The fraction of sp³-hybridized carbons (Fsp3) is 0.405. The Kier molecular flexibility index (Phi) is 10.7. The van der Waals surface area contributed by atoms with Crippen molar-refractivity contribution in [1.82, 2.24) is 20.0 Å². The molecular formula is C37H43FN4O2S. The Morgan fingerprint density at radius 2 is 1.58 bits per heavy atom. The summed E-state index contributed by atoms with van der Waals surface area (Å²) in [4.78, 5) is 34.1. The summed E-state index contributed by atoms with van der Waals surface area (Å²) < 4.78 is 14.5. The summed E-state index contributed by atoms with van der Waals surface area (Å²) in [5.74, 6) is -0.385. The monoisotopic (exact) mass is 626 g/mol. The van der Waals surface area contributed by atoms with Crippen molar-refractivity contribution in [2.75, 3.05) is 39.3 Å². The lowest BCUT2D eigenvalue weighted by Gasteiger charge is -2.44. The van der Waals surface area contributed by atoms with Gasteiger partial charge in [-0.3, -0.25) is 14.5 Å². The third kappa shape index (κ3) is 8.23. The summed E-state index contributed by atoms with van der Waals surface area (Å²) in [6.45, 7) is 7.16. The molecule has 1 aliphatic carbocycles. The highest BCUT2D eigenvalue weighted by Gasteiger charge is 2.40. The quantitative estimate of drug-likeness (QED) is 0.215. The third-order valence-electron chi connectivity index (χ3n) is 9.24. The van der Waals surface area contributed by atoms with Crippen LogP contribution < -0.4 is 5.32 Å². The van der Waals surface area contributed by atoms with Gasteiger partial charge in [-0.1, -0.05) is 73.5 Å². The van der Waals surface area contributed by atoms with E-state index in [0.29, 0.717) is 27.8 Å². The molecule has 0 aromatic heterocycles. The van der Waals surface area contributed by atoms with E-state index in [1.165, 1.54) is 11.6 Å². The normalized spacial score (nSPS) is 21.9. The SMILES string of the molecule is O=C(NCCCN1CCN(Cc2ccccc2)CC1)c1ccc(/C=C2\SC3CCCCC3N(Cc3ccccc3F)C2=O)cc1. The molecule has 2 amide bonds.